The fourth-order valence-corrected chi connectivity index (χ4v) is 1.69. The van der Waals surface area contributed by atoms with Crippen molar-refractivity contribution in [1.29, 1.82) is 0 Å². The summed E-state index contributed by atoms with van der Waals surface area (Å²) in [4.78, 5) is 0. The Morgan fingerprint density at radius 2 is 1.44 bits per heavy atom. The Morgan fingerprint density at radius 3 is 1.67 bits per heavy atom. The Labute approximate surface area is 55.7 Å². The van der Waals surface area contributed by atoms with E-state index in [1.54, 1.807) is 0 Å². The van der Waals surface area contributed by atoms with Crippen LogP contribution >= 0.6 is 0 Å². The quantitative estimate of drug-likeness (QED) is 0.446. The van der Waals surface area contributed by atoms with E-state index in [0.29, 0.717) is 12.2 Å². The molecule has 0 saturated carbocycles. The molecule has 2 heterocycles. The van der Waals surface area contributed by atoms with Crippen LogP contribution < -0.4 is 0 Å². The van der Waals surface area contributed by atoms with Crippen LogP contribution in [0.2, 0.25) is 0 Å². The third kappa shape index (κ3) is 0.584. The van der Waals surface area contributed by atoms with Gasteiger partial charge in [0, 0.05) is 0 Å². The maximum atomic E-state index is 5.59. The van der Waals surface area contributed by atoms with Gasteiger partial charge in [-0.05, 0) is 11.8 Å². The molecule has 4 atom stereocenters. The number of ether oxygens (including phenoxy) is 1. The van der Waals surface area contributed by atoms with Crippen LogP contribution in [-0.2, 0) is 4.74 Å². The first kappa shape index (κ1) is 5.48. The molecule has 50 valence electrons. The van der Waals surface area contributed by atoms with Crippen molar-refractivity contribution in [3.63, 3.8) is 0 Å². The van der Waals surface area contributed by atoms with E-state index in [4.69, 9.17) is 4.74 Å². The van der Waals surface area contributed by atoms with E-state index in [9.17, 15) is 0 Å². The van der Waals surface area contributed by atoms with Crippen molar-refractivity contribution in [3.05, 3.63) is 12.2 Å². The van der Waals surface area contributed by atoms with Gasteiger partial charge in [-0.2, -0.15) is 0 Å². The van der Waals surface area contributed by atoms with E-state index in [2.05, 4.69) is 26.0 Å². The molecule has 0 aromatic carbocycles. The van der Waals surface area contributed by atoms with E-state index in [1.807, 2.05) is 0 Å². The maximum Gasteiger partial charge on any atom is 0.0794 e. The Kier molecular flexibility index (Phi) is 0.974. The molecule has 2 aliphatic heterocycles. The van der Waals surface area contributed by atoms with Crippen LogP contribution in [0.5, 0.6) is 0 Å². The molecular formula is C8H12O. The molecule has 1 heteroatoms. The maximum absolute atomic E-state index is 5.59. The molecule has 0 radical (unpaired) electrons. The predicted molar refractivity (Wildman–Crippen MR) is 36.1 cm³/mol. The molecule has 2 aliphatic rings. The Morgan fingerprint density at radius 1 is 1.00 bits per heavy atom. The van der Waals surface area contributed by atoms with Crippen LogP contribution in [0.3, 0.4) is 0 Å². The predicted octanol–water partition coefficient (Wildman–Crippen LogP) is 1.60. The molecule has 0 aromatic rings. The van der Waals surface area contributed by atoms with Gasteiger partial charge in [0.1, 0.15) is 0 Å². The second-order valence-electron chi connectivity index (χ2n) is 3.17. The largest absolute Gasteiger partial charge is 0.366 e. The number of rotatable bonds is 0. The molecule has 2 bridgehead atoms. The first-order valence-corrected chi connectivity index (χ1v) is 3.63. The van der Waals surface area contributed by atoms with Gasteiger partial charge >= 0.3 is 0 Å². The zero-order chi connectivity index (χ0) is 6.43. The molecule has 4 unspecified atom stereocenters. The van der Waals surface area contributed by atoms with Crippen LogP contribution in [0.15, 0.2) is 12.2 Å². The molecule has 0 spiro atoms. The van der Waals surface area contributed by atoms with Crippen LogP contribution in [-0.4, -0.2) is 12.2 Å². The molecular weight excluding hydrogens is 112 g/mol. The topological polar surface area (TPSA) is 9.23 Å². The lowest BCUT2D eigenvalue weighted by molar-refractivity contribution is 0.105. The van der Waals surface area contributed by atoms with E-state index < -0.39 is 0 Å². The van der Waals surface area contributed by atoms with Crippen molar-refractivity contribution in [2.45, 2.75) is 26.1 Å². The minimum atomic E-state index is 0.435. The van der Waals surface area contributed by atoms with Crippen molar-refractivity contribution < 1.29 is 4.74 Å². The summed E-state index contributed by atoms with van der Waals surface area (Å²) in [5, 5.41) is 0. The zero-order valence-corrected chi connectivity index (χ0v) is 5.87. The summed E-state index contributed by atoms with van der Waals surface area (Å²) in [6, 6.07) is 0. The lowest BCUT2D eigenvalue weighted by Gasteiger charge is -2.15. The average Bonchev–Trinajstić information content (AvgIpc) is 2.37. The monoisotopic (exact) mass is 124 g/mol. The zero-order valence-electron chi connectivity index (χ0n) is 5.87. The third-order valence-electron chi connectivity index (χ3n) is 2.67. The molecule has 1 saturated heterocycles. The molecule has 1 fully saturated rings. The van der Waals surface area contributed by atoms with E-state index in [-0.39, 0.29) is 0 Å². The third-order valence-corrected chi connectivity index (χ3v) is 2.67. The average molecular weight is 124 g/mol. The fourth-order valence-electron chi connectivity index (χ4n) is 1.69. The highest BCUT2D eigenvalue weighted by atomic mass is 16.5. The Hall–Kier alpha value is -0.300. The first-order chi connectivity index (χ1) is 4.29. The van der Waals surface area contributed by atoms with E-state index in [1.165, 1.54) is 0 Å². The molecule has 9 heavy (non-hydrogen) atoms. The highest BCUT2D eigenvalue weighted by Crippen LogP contribution is 2.37. The number of hydrogen-bond donors (Lipinski definition) is 0. The van der Waals surface area contributed by atoms with Crippen LogP contribution in [0.4, 0.5) is 0 Å². The SMILES string of the molecule is CC1C2C=CC(O2)C1C. The van der Waals surface area contributed by atoms with Crippen molar-refractivity contribution >= 4 is 0 Å². The normalized spacial score (nSPS) is 54.9. The highest BCUT2D eigenvalue weighted by molar-refractivity contribution is 5.12. The molecule has 0 aliphatic carbocycles. The summed E-state index contributed by atoms with van der Waals surface area (Å²) in [5.41, 5.74) is 0. The van der Waals surface area contributed by atoms with Crippen molar-refractivity contribution in [2.24, 2.45) is 11.8 Å². The summed E-state index contributed by atoms with van der Waals surface area (Å²) in [7, 11) is 0. The summed E-state index contributed by atoms with van der Waals surface area (Å²) < 4.78 is 5.59. The summed E-state index contributed by atoms with van der Waals surface area (Å²) in [5.74, 6) is 1.47. The van der Waals surface area contributed by atoms with Crippen LogP contribution in [0.1, 0.15) is 13.8 Å². The van der Waals surface area contributed by atoms with Crippen LogP contribution in [0, 0.1) is 11.8 Å². The second-order valence-corrected chi connectivity index (χ2v) is 3.17. The van der Waals surface area contributed by atoms with Gasteiger partial charge in [0.25, 0.3) is 0 Å². The standard InChI is InChI=1S/C8H12O/c1-5-6(2)8-4-3-7(5)9-8/h3-8H,1-2H3. The molecule has 0 aromatic heterocycles. The summed E-state index contributed by atoms with van der Waals surface area (Å²) in [6.45, 7) is 4.53. The van der Waals surface area contributed by atoms with Gasteiger partial charge in [-0.15, -0.1) is 0 Å². The lowest BCUT2D eigenvalue weighted by Crippen LogP contribution is -2.17. The summed E-state index contributed by atoms with van der Waals surface area (Å²) in [6.07, 6.45) is 5.25. The summed E-state index contributed by atoms with van der Waals surface area (Å²) >= 11 is 0. The molecule has 2 rings (SSSR count). The number of hydrogen-bond acceptors (Lipinski definition) is 1. The van der Waals surface area contributed by atoms with Gasteiger partial charge in [0.05, 0.1) is 12.2 Å². The van der Waals surface area contributed by atoms with Crippen molar-refractivity contribution in [2.75, 3.05) is 0 Å². The minimum absolute atomic E-state index is 0.435. The Balaban J connectivity index is 2.26. The minimum Gasteiger partial charge on any atom is -0.366 e. The van der Waals surface area contributed by atoms with Gasteiger partial charge in [-0.3, -0.25) is 0 Å². The highest BCUT2D eigenvalue weighted by Gasteiger charge is 2.39. The molecule has 0 N–H and O–H groups in total. The van der Waals surface area contributed by atoms with Gasteiger partial charge in [0.15, 0.2) is 0 Å². The molecule has 1 nitrogen and oxygen atoms in total. The van der Waals surface area contributed by atoms with Gasteiger partial charge in [-0.25, -0.2) is 0 Å². The first-order valence-electron chi connectivity index (χ1n) is 3.63. The molecule has 0 amide bonds. The van der Waals surface area contributed by atoms with Gasteiger partial charge < -0.3 is 4.74 Å². The van der Waals surface area contributed by atoms with Gasteiger partial charge in [-0.1, -0.05) is 26.0 Å². The van der Waals surface area contributed by atoms with Crippen LogP contribution in [0.25, 0.3) is 0 Å². The van der Waals surface area contributed by atoms with E-state index in [0.717, 1.165) is 11.8 Å². The number of fused-ring (bicyclic) bond motifs is 2. The smallest absolute Gasteiger partial charge is 0.0794 e. The second kappa shape index (κ2) is 1.60. The van der Waals surface area contributed by atoms with Gasteiger partial charge in [0.2, 0.25) is 0 Å². The van der Waals surface area contributed by atoms with Crippen molar-refractivity contribution in [1.82, 2.24) is 0 Å². The van der Waals surface area contributed by atoms with E-state index >= 15 is 0 Å². The Bertz CT molecular complexity index is 135. The lowest BCUT2D eigenvalue weighted by atomic mass is 9.86. The fraction of sp³-hybridized carbons (Fsp3) is 0.750. The van der Waals surface area contributed by atoms with Crippen molar-refractivity contribution in [3.8, 4) is 0 Å².